The molecule has 41 nitrogen and oxygen atoms in total. The van der Waals surface area contributed by atoms with Gasteiger partial charge in [0.25, 0.3) is 11.8 Å². The average Bonchev–Trinajstić information content (AvgIpc) is 0.925. The zero-order chi connectivity index (χ0) is 72.4. The fourth-order valence-corrected chi connectivity index (χ4v) is 11.5. The number of rotatable bonds is 36. The molecule has 0 aliphatic carbocycles. The Morgan fingerprint density at radius 1 is 0.765 bits per heavy atom. The number of aliphatic imine (C=N–C) groups is 1. The molecule has 8 amide bonds. The molecule has 4 aromatic rings. The van der Waals surface area contributed by atoms with E-state index in [2.05, 4.69) is 66.8 Å². The normalized spacial score (nSPS) is 23.6. The summed E-state index contributed by atoms with van der Waals surface area (Å²) in [7, 11) is 0. The number of aromatic amines is 1. The molecule has 19 atom stereocenters. The Morgan fingerprint density at radius 3 is 2.09 bits per heavy atom. The van der Waals surface area contributed by atoms with Gasteiger partial charge in [-0.25, -0.2) is 29.7 Å². The van der Waals surface area contributed by atoms with E-state index < -0.39 is 183 Å². The zero-order valence-corrected chi connectivity index (χ0v) is 54.9. The average molecular weight is 1430 g/mol. The maximum absolute atomic E-state index is 15.2. The van der Waals surface area contributed by atoms with Gasteiger partial charge in [-0.2, -0.15) is 0 Å². The molecular formula is C55H84N20O21S2. The second-order valence-electron chi connectivity index (χ2n) is 22.8. The number of carbonyl (C=O) groups is 8. The van der Waals surface area contributed by atoms with Crippen molar-refractivity contribution in [3.63, 3.8) is 0 Å². The van der Waals surface area contributed by atoms with Gasteiger partial charge in [0.05, 0.1) is 72.7 Å². The molecule has 4 aromatic heterocycles. The van der Waals surface area contributed by atoms with Gasteiger partial charge in [0.1, 0.15) is 94.6 Å². The van der Waals surface area contributed by atoms with Crippen molar-refractivity contribution >= 4 is 81.9 Å². The summed E-state index contributed by atoms with van der Waals surface area (Å²) in [5.74, 6) is -8.85. The molecule has 2 aliphatic heterocycles. The number of anilines is 1. The third-order valence-electron chi connectivity index (χ3n) is 15.4. The number of hydrogen-bond donors (Lipinski definition) is 22. The van der Waals surface area contributed by atoms with Crippen LogP contribution in [0.15, 0.2) is 28.3 Å². The summed E-state index contributed by atoms with van der Waals surface area (Å²) in [6.45, 7) is 3.39. The first-order chi connectivity index (χ1) is 46.3. The highest BCUT2D eigenvalue weighted by atomic mass is 32.1. The lowest BCUT2D eigenvalue weighted by Gasteiger charge is -2.47. The van der Waals surface area contributed by atoms with Crippen LogP contribution in [-0.2, 0) is 54.1 Å². The number of H-pyrrole nitrogens is 1. The summed E-state index contributed by atoms with van der Waals surface area (Å²) in [5.41, 5.74) is 38.6. The van der Waals surface area contributed by atoms with Crippen molar-refractivity contribution in [2.75, 3.05) is 45.1 Å². The topological polar surface area (TPSA) is 691 Å². The Kier molecular flexibility index (Phi) is 29.2. The van der Waals surface area contributed by atoms with Crippen LogP contribution in [0.1, 0.15) is 95.2 Å². The quantitative estimate of drug-likeness (QED) is 0.0114. The smallest absolute Gasteiger partial charge is 0.404 e. The molecule has 0 saturated carbocycles. The number of primary amides is 3. The lowest BCUT2D eigenvalue weighted by atomic mass is 9.96. The van der Waals surface area contributed by atoms with Gasteiger partial charge in [-0.1, -0.05) is 6.92 Å². The Hall–Kier alpha value is -8.38. The van der Waals surface area contributed by atoms with Crippen molar-refractivity contribution in [2.24, 2.45) is 45.3 Å². The van der Waals surface area contributed by atoms with E-state index in [0.717, 1.165) is 12.5 Å². The number of nitrogens with one attached hydrogen (secondary N) is 7. The first-order valence-corrected chi connectivity index (χ1v) is 32.1. The predicted molar refractivity (Wildman–Crippen MR) is 340 cm³/mol. The molecule has 542 valence electrons. The van der Waals surface area contributed by atoms with Gasteiger partial charge in [0.15, 0.2) is 24.6 Å². The number of nitrogen functional groups attached to an aromatic ring is 1. The number of imidazole rings is 1. The van der Waals surface area contributed by atoms with E-state index in [-0.39, 0.29) is 60.0 Å². The Bertz CT molecular complexity index is 3380. The van der Waals surface area contributed by atoms with E-state index >= 15 is 4.79 Å². The number of thiazole rings is 2. The molecule has 0 radical (unpaired) electrons. The van der Waals surface area contributed by atoms with Crippen LogP contribution in [0.4, 0.5) is 10.6 Å². The Morgan fingerprint density at radius 2 is 1.46 bits per heavy atom. The number of amides is 8. The SMILES string of the molecule is Cc1c(N)nc([C@H](CC(N)=O)NC[C@H](N)C(N)=O)nc1C(=O)N[C@H](C(=O)N[C@H](C)[C@@H](O)[C@@H](C)C(=O)N[C@H](C(=O)NCCc1nc(-c2nc(C(=O)NCCCCN=C(N)N)cs2)cs1)[C@@H](C)O)[C@@H](O[C@H]1O[C@@H](CO)[C@H](O)[C@@H](O)[C@H]1O[C@@H]1O[C@H](CO)[C@@H](O)[C@H](OC(N)=O)[C@H]1O)c1cnc[nH]1. The molecular weight excluding hydrogens is 1340 g/mol. The minimum Gasteiger partial charge on any atom is -0.441 e. The number of nitrogens with zero attached hydrogens (tertiary/aromatic N) is 6. The summed E-state index contributed by atoms with van der Waals surface area (Å²) in [6, 6.07) is -7.89. The Balaban J connectivity index is 1.24. The highest BCUT2D eigenvalue weighted by Gasteiger charge is 2.54. The minimum atomic E-state index is -2.20. The lowest BCUT2D eigenvalue weighted by molar-refractivity contribution is -0.372. The van der Waals surface area contributed by atoms with Gasteiger partial charge in [-0.15, -0.1) is 22.7 Å². The summed E-state index contributed by atoms with van der Waals surface area (Å²) in [4.78, 5) is 135. The molecule has 6 rings (SSSR count). The van der Waals surface area contributed by atoms with Crippen molar-refractivity contribution in [3.8, 4) is 10.7 Å². The number of aliphatic hydroxyl groups excluding tert-OH is 8. The highest BCUT2D eigenvalue weighted by Crippen LogP contribution is 2.35. The maximum Gasteiger partial charge on any atom is 0.404 e. The van der Waals surface area contributed by atoms with Crippen molar-refractivity contribution < 1.29 is 103 Å². The first-order valence-electron chi connectivity index (χ1n) is 30.4. The van der Waals surface area contributed by atoms with Crippen LogP contribution in [0.3, 0.4) is 0 Å². The van der Waals surface area contributed by atoms with E-state index in [9.17, 15) is 74.4 Å². The van der Waals surface area contributed by atoms with Crippen molar-refractivity contribution in [2.45, 2.75) is 163 Å². The van der Waals surface area contributed by atoms with Crippen LogP contribution in [0.25, 0.3) is 10.7 Å². The van der Waals surface area contributed by atoms with Crippen LogP contribution in [0.2, 0.25) is 0 Å². The molecule has 0 spiro atoms. The number of hydrogen-bond acceptors (Lipinski definition) is 32. The number of ether oxygens (including phenoxy) is 5. The second kappa shape index (κ2) is 36.5. The number of carbonyl (C=O) groups excluding carboxylic acids is 8. The fourth-order valence-electron chi connectivity index (χ4n) is 9.88. The lowest BCUT2D eigenvalue weighted by Crippen LogP contribution is -2.65. The zero-order valence-electron chi connectivity index (χ0n) is 53.3. The highest BCUT2D eigenvalue weighted by molar-refractivity contribution is 7.14. The maximum atomic E-state index is 15.2. The van der Waals surface area contributed by atoms with Crippen LogP contribution in [0.5, 0.6) is 0 Å². The molecule has 0 aromatic carbocycles. The van der Waals surface area contributed by atoms with E-state index in [1.54, 1.807) is 10.8 Å². The molecule has 98 heavy (non-hydrogen) atoms. The summed E-state index contributed by atoms with van der Waals surface area (Å²) >= 11 is 2.46. The van der Waals surface area contributed by atoms with Gasteiger partial charge < -0.3 is 142 Å². The molecule has 0 bridgehead atoms. The number of guanidine groups is 1. The minimum absolute atomic E-state index is 0.0175. The molecule has 43 heteroatoms. The van der Waals surface area contributed by atoms with E-state index in [0.29, 0.717) is 41.6 Å². The van der Waals surface area contributed by atoms with Gasteiger partial charge in [0.2, 0.25) is 29.5 Å². The number of nitrogens with two attached hydrogens (primary N) is 7. The van der Waals surface area contributed by atoms with Crippen molar-refractivity contribution in [1.29, 1.82) is 0 Å². The number of aliphatic hydroxyl groups is 8. The van der Waals surface area contributed by atoms with Gasteiger partial charge in [0, 0.05) is 55.3 Å². The fraction of sp³-hybridized carbons (Fsp3) is 0.600. The van der Waals surface area contributed by atoms with Gasteiger partial charge >= 0.3 is 6.09 Å². The molecule has 2 aliphatic rings. The standard InChI is InChI=1S/C55H84N20O21S2/c1-19-32(72-45(75-43(19)58)24(11-30(57)79)67-12-23(56)44(59)85)49(89)74-34(40(25-13-63-18-68-25)94-53-42(38(83)36(81)28(14-76)93-53)95-52-39(84)41(96-55(62)91)37(82)29(15-77)92-52)50(90)69-21(3)35(80)20(2)46(86)73-33(22(4)78)48(88)65-10-7-31-70-27(17-97-31)51-71-26(16-98-51)47(87)64-8-5-6-9-66-54(60)61/h13,16-18,20-24,28-29,33-42,52-53,67,76-78,80-84H,5-12,14-15,56H2,1-4H3,(H2,57,79)(H2,59,85)(H2,62,91)(H,63,68)(H,64,87)(H,65,88)(H,69,90)(H,73,86)(H,74,89)(H2,58,72,75)(H4,60,61,66)/t20-,21-,22-,23+,24+,28+,29-,33+,34+,35+,36+,37-,38-,39-,40+,41+,42-,52+,53-/m1/s1. The first kappa shape index (κ1) is 78.6. The molecule has 6 heterocycles. The van der Waals surface area contributed by atoms with Crippen LogP contribution < -0.4 is 72.0 Å². The monoisotopic (exact) mass is 1420 g/mol. The van der Waals surface area contributed by atoms with E-state index in [4.69, 9.17) is 63.8 Å². The van der Waals surface area contributed by atoms with Gasteiger partial charge in [-0.05, 0) is 33.6 Å². The van der Waals surface area contributed by atoms with Gasteiger partial charge in [-0.3, -0.25) is 38.6 Å². The second-order valence-corrected chi connectivity index (χ2v) is 24.6. The summed E-state index contributed by atoms with van der Waals surface area (Å²) < 4.78 is 28.7. The summed E-state index contributed by atoms with van der Waals surface area (Å²) in [5, 5.41) is 108. The number of unbranched alkanes of at least 4 members (excludes halogenated alkanes) is 1. The third kappa shape index (κ3) is 21.1. The van der Waals surface area contributed by atoms with Crippen LogP contribution in [0, 0.1) is 12.8 Å². The molecule has 2 fully saturated rings. The predicted octanol–water partition coefficient (Wildman–Crippen LogP) is -8.92. The third-order valence-corrected chi connectivity index (χ3v) is 17.2. The van der Waals surface area contributed by atoms with Crippen LogP contribution in [-0.4, -0.2) is 261 Å². The molecule has 2 saturated heterocycles. The largest absolute Gasteiger partial charge is 0.441 e. The molecule has 29 N–H and O–H groups in total. The number of aromatic nitrogens is 6. The van der Waals surface area contributed by atoms with Crippen molar-refractivity contribution in [1.82, 2.24) is 61.8 Å². The van der Waals surface area contributed by atoms with E-state index in [1.165, 1.54) is 50.4 Å². The molecule has 0 unspecified atom stereocenters. The van der Waals surface area contributed by atoms with Crippen LogP contribution >= 0.6 is 22.7 Å². The summed E-state index contributed by atoms with van der Waals surface area (Å²) in [6.07, 6.45) is -23.9. The van der Waals surface area contributed by atoms with Crippen molar-refractivity contribution in [3.05, 3.63) is 56.8 Å². The van der Waals surface area contributed by atoms with E-state index in [1.807, 2.05) is 0 Å². The Labute approximate surface area is 565 Å².